The summed E-state index contributed by atoms with van der Waals surface area (Å²) < 4.78 is 6.85. The lowest BCUT2D eigenvalue weighted by atomic mass is 10.0. The van der Waals surface area contributed by atoms with Gasteiger partial charge in [-0.15, -0.1) is 0 Å². The van der Waals surface area contributed by atoms with Crippen molar-refractivity contribution in [2.24, 2.45) is 0 Å². The van der Waals surface area contributed by atoms with E-state index in [0.29, 0.717) is 6.42 Å². The Kier molecular flexibility index (Phi) is 5.90. The van der Waals surface area contributed by atoms with Gasteiger partial charge in [-0.1, -0.05) is 81.4 Å². The van der Waals surface area contributed by atoms with E-state index in [0.717, 1.165) is 10.4 Å². The first-order chi connectivity index (χ1) is 13.6. The average Bonchev–Trinajstić information content (AvgIpc) is 2.98. The highest BCUT2D eigenvalue weighted by molar-refractivity contribution is 6.99. The number of carbonyl (C=O) groups is 1. The minimum absolute atomic E-state index is 0.108. The van der Waals surface area contributed by atoms with E-state index < -0.39 is 20.0 Å². The summed E-state index contributed by atoms with van der Waals surface area (Å²) in [4.78, 5) is 13.0. The summed E-state index contributed by atoms with van der Waals surface area (Å²) in [6.07, 6.45) is -0.642. The Hall–Kier alpha value is -2.15. The Bertz CT molecular complexity index is 793. The molecular weight excluding hydrogens is 382 g/mol. The molecule has 29 heavy (non-hydrogen) atoms. The maximum atomic E-state index is 11.7. The molecule has 1 aliphatic heterocycles. The predicted octanol–water partition coefficient (Wildman–Crippen LogP) is 3.07. The van der Waals surface area contributed by atoms with E-state index in [1.807, 2.05) is 36.4 Å². The van der Waals surface area contributed by atoms with Crippen molar-refractivity contribution in [2.75, 3.05) is 13.2 Å². The Labute approximate surface area is 174 Å². The molecule has 0 aromatic heterocycles. The van der Waals surface area contributed by atoms with Gasteiger partial charge in [-0.3, -0.25) is 0 Å². The number of hydrogen-bond acceptors (Lipinski definition) is 3. The molecular formula is C23H31NO4Si. The van der Waals surface area contributed by atoms with Crippen LogP contribution in [0.15, 0.2) is 60.7 Å². The van der Waals surface area contributed by atoms with Crippen molar-refractivity contribution in [3.8, 4) is 0 Å². The van der Waals surface area contributed by atoms with Crippen LogP contribution in [0.2, 0.25) is 5.04 Å². The van der Waals surface area contributed by atoms with E-state index in [-0.39, 0.29) is 24.2 Å². The third-order valence-electron chi connectivity index (χ3n) is 5.78. The predicted molar refractivity (Wildman–Crippen MR) is 117 cm³/mol. The lowest BCUT2D eigenvalue weighted by molar-refractivity contribution is 0.0672. The lowest BCUT2D eigenvalue weighted by Crippen LogP contribution is -2.67. The van der Waals surface area contributed by atoms with Crippen LogP contribution in [0.25, 0.3) is 0 Å². The molecule has 0 spiro atoms. The van der Waals surface area contributed by atoms with Gasteiger partial charge in [-0.2, -0.15) is 0 Å². The van der Waals surface area contributed by atoms with Crippen molar-refractivity contribution in [3.63, 3.8) is 0 Å². The highest BCUT2D eigenvalue weighted by Crippen LogP contribution is 2.38. The molecule has 1 saturated heterocycles. The van der Waals surface area contributed by atoms with Crippen molar-refractivity contribution < 1.29 is 19.4 Å². The molecule has 1 unspecified atom stereocenters. The summed E-state index contributed by atoms with van der Waals surface area (Å²) in [5.41, 5.74) is -1.03. The second-order valence-electron chi connectivity index (χ2n) is 9.24. The summed E-state index contributed by atoms with van der Waals surface area (Å²) in [5, 5.41) is 22.2. The van der Waals surface area contributed by atoms with Gasteiger partial charge in [0.25, 0.3) is 8.32 Å². The van der Waals surface area contributed by atoms with Crippen LogP contribution < -0.4 is 10.4 Å². The highest BCUT2D eigenvalue weighted by Gasteiger charge is 2.51. The summed E-state index contributed by atoms with van der Waals surface area (Å²) in [6, 6.07) is 20.2. The first-order valence-electron chi connectivity index (χ1n) is 10.0. The van der Waals surface area contributed by atoms with E-state index in [4.69, 9.17) is 4.43 Å². The fourth-order valence-electron chi connectivity index (χ4n) is 4.53. The number of nitrogens with zero attached hydrogens (tertiary/aromatic N) is 1. The number of hydrogen-bond donors (Lipinski definition) is 2. The Morgan fingerprint density at radius 1 is 1.10 bits per heavy atom. The number of amides is 1. The van der Waals surface area contributed by atoms with Crippen molar-refractivity contribution in [1.29, 1.82) is 0 Å². The highest BCUT2D eigenvalue weighted by atomic mass is 28.4. The molecule has 1 heterocycles. The third kappa shape index (κ3) is 4.24. The van der Waals surface area contributed by atoms with Gasteiger partial charge in [0.15, 0.2) is 0 Å². The second-order valence-corrected chi connectivity index (χ2v) is 13.5. The zero-order chi connectivity index (χ0) is 21.3. The molecule has 156 valence electrons. The van der Waals surface area contributed by atoms with E-state index in [1.54, 1.807) is 6.92 Å². The molecule has 0 aliphatic carbocycles. The standard InChI is InChI=1S/C23H31NO4Si/c1-22(2,3)29(19-11-7-5-8-12-19,20-13-9-6-10-14-20)28-16-18-15-23(4,27)17-24(18)21(25)26/h5-14,18,27H,15-17H2,1-4H3,(H,25,26)/t18?,23-/m0/s1. The number of benzene rings is 2. The molecule has 6 heteroatoms. The fraction of sp³-hybridized carbons (Fsp3) is 0.435. The molecule has 2 aromatic carbocycles. The largest absolute Gasteiger partial charge is 0.465 e. The van der Waals surface area contributed by atoms with E-state index in [9.17, 15) is 15.0 Å². The molecule has 2 aromatic rings. The van der Waals surface area contributed by atoms with E-state index >= 15 is 0 Å². The molecule has 5 nitrogen and oxygen atoms in total. The maximum Gasteiger partial charge on any atom is 0.407 e. The molecule has 0 bridgehead atoms. The minimum Gasteiger partial charge on any atom is -0.465 e. The van der Waals surface area contributed by atoms with Crippen LogP contribution in [-0.4, -0.2) is 54.3 Å². The van der Waals surface area contributed by atoms with E-state index in [2.05, 4.69) is 45.0 Å². The van der Waals surface area contributed by atoms with Crippen LogP contribution in [0.1, 0.15) is 34.1 Å². The van der Waals surface area contributed by atoms with Gasteiger partial charge in [0, 0.05) is 6.42 Å². The Morgan fingerprint density at radius 3 is 2.00 bits per heavy atom. The van der Waals surface area contributed by atoms with Gasteiger partial charge in [-0.05, 0) is 22.3 Å². The topological polar surface area (TPSA) is 70.0 Å². The first kappa shape index (κ1) is 21.6. The van der Waals surface area contributed by atoms with Gasteiger partial charge in [0.05, 0.1) is 24.8 Å². The molecule has 3 rings (SSSR count). The molecule has 1 amide bonds. The van der Waals surface area contributed by atoms with Gasteiger partial charge < -0.3 is 19.5 Å². The number of β-amino-alcohol motifs (C(OH)–C–C–N with tert-alkyl or cyclic N) is 1. The van der Waals surface area contributed by atoms with E-state index in [1.165, 1.54) is 4.90 Å². The van der Waals surface area contributed by atoms with Crippen LogP contribution in [0.3, 0.4) is 0 Å². The molecule has 1 aliphatic rings. The van der Waals surface area contributed by atoms with Crippen LogP contribution in [0, 0.1) is 0 Å². The van der Waals surface area contributed by atoms with Crippen LogP contribution in [0.4, 0.5) is 4.79 Å². The van der Waals surface area contributed by atoms with Crippen LogP contribution >= 0.6 is 0 Å². The van der Waals surface area contributed by atoms with Crippen molar-refractivity contribution in [1.82, 2.24) is 4.90 Å². The second kappa shape index (κ2) is 7.93. The zero-order valence-corrected chi connectivity index (χ0v) is 18.6. The fourth-order valence-corrected chi connectivity index (χ4v) is 9.13. The summed E-state index contributed by atoms with van der Waals surface area (Å²) >= 11 is 0. The molecule has 2 atom stereocenters. The minimum atomic E-state index is -2.73. The third-order valence-corrected chi connectivity index (χ3v) is 10.8. The first-order valence-corrected chi connectivity index (χ1v) is 11.9. The Morgan fingerprint density at radius 2 is 1.59 bits per heavy atom. The van der Waals surface area contributed by atoms with Gasteiger partial charge in [0.2, 0.25) is 0 Å². The summed E-state index contributed by atoms with van der Waals surface area (Å²) in [5.74, 6) is 0. The van der Waals surface area contributed by atoms with Crippen LogP contribution in [-0.2, 0) is 4.43 Å². The summed E-state index contributed by atoms with van der Waals surface area (Å²) in [7, 11) is -2.73. The normalized spacial score (nSPS) is 22.7. The van der Waals surface area contributed by atoms with Crippen LogP contribution in [0.5, 0.6) is 0 Å². The van der Waals surface area contributed by atoms with Crippen molar-refractivity contribution in [2.45, 2.75) is 50.8 Å². The smallest absolute Gasteiger partial charge is 0.407 e. The van der Waals surface area contributed by atoms with Crippen molar-refractivity contribution >= 4 is 24.8 Å². The Balaban J connectivity index is 2.04. The van der Waals surface area contributed by atoms with Gasteiger partial charge in [0.1, 0.15) is 0 Å². The number of aliphatic hydroxyl groups is 1. The average molecular weight is 414 g/mol. The molecule has 0 saturated carbocycles. The number of likely N-dealkylation sites (tertiary alicyclic amines) is 1. The monoisotopic (exact) mass is 413 g/mol. The summed E-state index contributed by atoms with van der Waals surface area (Å²) in [6.45, 7) is 8.63. The maximum absolute atomic E-state index is 11.7. The molecule has 1 fully saturated rings. The number of rotatable bonds is 5. The zero-order valence-electron chi connectivity index (χ0n) is 17.6. The SMILES string of the molecule is CC(C)(C)[Si](OCC1C[C@](C)(O)CN1C(=O)O)(c1ccccc1)c1ccccc1. The van der Waals surface area contributed by atoms with Gasteiger partial charge in [-0.25, -0.2) is 4.79 Å². The molecule has 0 radical (unpaired) electrons. The number of carboxylic acid groups (broad SMARTS) is 1. The van der Waals surface area contributed by atoms with Gasteiger partial charge >= 0.3 is 6.09 Å². The van der Waals surface area contributed by atoms with Crippen molar-refractivity contribution in [3.05, 3.63) is 60.7 Å². The lowest BCUT2D eigenvalue weighted by Gasteiger charge is -2.43. The quantitative estimate of drug-likeness (QED) is 0.739. The molecule has 2 N–H and O–H groups in total.